The Labute approximate surface area is 149 Å². The summed E-state index contributed by atoms with van der Waals surface area (Å²) in [5.74, 6) is 2.07. The Morgan fingerprint density at radius 2 is 2.16 bits per heavy atom. The normalized spacial score (nSPS) is 13.4. The lowest BCUT2D eigenvalue weighted by molar-refractivity contribution is 0.405. The standard InChI is InChI=1S/C19H27N5O/c1-3-4-6-22-18-11-15(23-19(20)24-18)9-13-8-14-12-21-7-5-16(14)17(10-13)25-2/h8,10-11,21H,3-7,9,12H2,1-2H3,(H3,20,22,23,24). The number of nitrogens with two attached hydrogens (primary N) is 1. The molecule has 2 aromatic rings. The summed E-state index contributed by atoms with van der Waals surface area (Å²) in [6.07, 6.45) is 3.96. The third-order valence-corrected chi connectivity index (χ3v) is 4.47. The quantitative estimate of drug-likeness (QED) is 0.671. The Balaban J connectivity index is 1.82. The summed E-state index contributed by atoms with van der Waals surface area (Å²) in [6.45, 7) is 4.94. The molecule has 0 bridgehead atoms. The SMILES string of the molecule is CCCCNc1cc(Cc2cc3c(c(OC)c2)CCNC3)nc(N)n1. The van der Waals surface area contributed by atoms with E-state index in [-0.39, 0.29) is 0 Å². The molecule has 0 amide bonds. The van der Waals surface area contributed by atoms with E-state index >= 15 is 0 Å². The van der Waals surface area contributed by atoms with Crippen molar-refractivity contribution in [3.63, 3.8) is 0 Å². The highest BCUT2D eigenvalue weighted by Gasteiger charge is 2.15. The van der Waals surface area contributed by atoms with Crippen LogP contribution in [0.2, 0.25) is 0 Å². The highest BCUT2D eigenvalue weighted by molar-refractivity contribution is 5.47. The molecular weight excluding hydrogens is 314 g/mol. The molecule has 6 heteroatoms. The minimum atomic E-state index is 0.308. The lowest BCUT2D eigenvalue weighted by atomic mass is 9.95. The summed E-state index contributed by atoms with van der Waals surface area (Å²) in [5.41, 5.74) is 10.6. The molecule has 0 saturated carbocycles. The van der Waals surface area contributed by atoms with Crippen LogP contribution in [0.3, 0.4) is 0 Å². The molecule has 0 atom stereocenters. The second kappa shape index (κ2) is 8.16. The molecule has 3 rings (SSSR count). The molecule has 2 heterocycles. The van der Waals surface area contributed by atoms with Crippen molar-refractivity contribution < 1.29 is 4.74 Å². The van der Waals surface area contributed by atoms with Crippen LogP contribution in [-0.2, 0) is 19.4 Å². The highest BCUT2D eigenvalue weighted by atomic mass is 16.5. The molecule has 1 aliphatic rings. The van der Waals surface area contributed by atoms with Crippen LogP contribution in [-0.4, -0.2) is 30.2 Å². The summed E-state index contributed by atoms with van der Waals surface area (Å²) < 4.78 is 5.61. The number of nitrogens with zero attached hydrogens (tertiary/aromatic N) is 2. The van der Waals surface area contributed by atoms with Gasteiger partial charge in [-0.05, 0) is 42.1 Å². The van der Waals surface area contributed by atoms with Crippen LogP contribution in [0.1, 0.15) is 42.1 Å². The fourth-order valence-corrected chi connectivity index (χ4v) is 3.23. The van der Waals surface area contributed by atoms with Crippen LogP contribution in [0.5, 0.6) is 5.75 Å². The van der Waals surface area contributed by atoms with Crippen LogP contribution in [0.15, 0.2) is 18.2 Å². The molecule has 4 N–H and O–H groups in total. The summed E-state index contributed by atoms with van der Waals surface area (Å²) >= 11 is 0. The highest BCUT2D eigenvalue weighted by Crippen LogP contribution is 2.28. The van der Waals surface area contributed by atoms with Crippen molar-refractivity contribution in [2.24, 2.45) is 0 Å². The molecule has 25 heavy (non-hydrogen) atoms. The zero-order valence-corrected chi connectivity index (χ0v) is 15.1. The maximum absolute atomic E-state index is 5.89. The minimum Gasteiger partial charge on any atom is -0.496 e. The molecule has 0 saturated heterocycles. The average Bonchev–Trinajstić information content (AvgIpc) is 2.61. The fraction of sp³-hybridized carbons (Fsp3) is 0.474. The van der Waals surface area contributed by atoms with Gasteiger partial charge in [-0.3, -0.25) is 0 Å². The molecular formula is C19H27N5O. The van der Waals surface area contributed by atoms with Gasteiger partial charge in [-0.1, -0.05) is 19.4 Å². The van der Waals surface area contributed by atoms with Crippen molar-refractivity contribution in [3.8, 4) is 5.75 Å². The molecule has 134 valence electrons. The van der Waals surface area contributed by atoms with E-state index in [4.69, 9.17) is 10.5 Å². The number of benzene rings is 1. The van der Waals surface area contributed by atoms with Gasteiger partial charge in [-0.2, -0.15) is 4.98 Å². The third kappa shape index (κ3) is 4.39. The first kappa shape index (κ1) is 17.5. The Hall–Kier alpha value is -2.34. The largest absolute Gasteiger partial charge is 0.496 e. The number of ether oxygens (including phenoxy) is 1. The number of rotatable bonds is 7. The van der Waals surface area contributed by atoms with Crippen molar-refractivity contribution in [1.82, 2.24) is 15.3 Å². The van der Waals surface area contributed by atoms with E-state index in [0.29, 0.717) is 12.4 Å². The molecule has 0 fully saturated rings. The second-order valence-electron chi connectivity index (χ2n) is 6.42. The third-order valence-electron chi connectivity index (χ3n) is 4.47. The molecule has 0 spiro atoms. The smallest absolute Gasteiger partial charge is 0.222 e. The number of nitrogens with one attached hydrogen (secondary N) is 2. The first-order valence-corrected chi connectivity index (χ1v) is 8.96. The molecule has 1 aromatic carbocycles. The van der Waals surface area contributed by atoms with Crippen molar-refractivity contribution in [2.45, 2.75) is 39.2 Å². The molecule has 0 unspecified atom stereocenters. The van der Waals surface area contributed by atoms with Gasteiger partial charge in [0, 0.05) is 25.6 Å². The van der Waals surface area contributed by atoms with Gasteiger partial charge in [0.15, 0.2) is 0 Å². The zero-order valence-electron chi connectivity index (χ0n) is 15.1. The molecule has 1 aliphatic heterocycles. The van der Waals surface area contributed by atoms with Gasteiger partial charge in [-0.25, -0.2) is 4.98 Å². The number of aromatic nitrogens is 2. The molecule has 0 aliphatic carbocycles. The van der Waals surface area contributed by atoms with E-state index in [0.717, 1.165) is 56.2 Å². The van der Waals surface area contributed by atoms with E-state index in [1.54, 1.807) is 7.11 Å². The predicted molar refractivity (Wildman–Crippen MR) is 101 cm³/mol. The van der Waals surface area contributed by atoms with E-state index in [2.05, 4.69) is 39.7 Å². The number of hydrogen-bond acceptors (Lipinski definition) is 6. The topological polar surface area (TPSA) is 85.1 Å². The monoisotopic (exact) mass is 341 g/mol. The first-order valence-electron chi connectivity index (χ1n) is 8.96. The Morgan fingerprint density at radius 1 is 1.28 bits per heavy atom. The van der Waals surface area contributed by atoms with Gasteiger partial charge in [0.2, 0.25) is 5.95 Å². The number of nitrogen functional groups attached to an aromatic ring is 1. The maximum atomic E-state index is 5.89. The number of fused-ring (bicyclic) bond motifs is 1. The van der Waals surface area contributed by atoms with Gasteiger partial charge in [0.05, 0.1) is 12.8 Å². The van der Waals surface area contributed by atoms with Gasteiger partial charge >= 0.3 is 0 Å². The molecule has 0 radical (unpaired) electrons. The van der Waals surface area contributed by atoms with Crippen molar-refractivity contribution in [1.29, 1.82) is 0 Å². The molecule has 1 aromatic heterocycles. The first-order chi connectivity index (χ1) is 12.2. The number of methoxy groups -OCH3 is 1. The summed E-state index contributed by atoms with van der Waals surface area (Å²) in [6, 6.07) is 6.34. The summed E-state index contributed by atoms with van der Waals surface area (Å²) in [7, 11) is 1.74. The van der Waals surface area contributed by atoms with Crippen molar-refractivity contribution >= 4 is 11.8 Å². The number of anilines is 2. The van der Waals surface area contributed by atoms with Gasteiger partial charge in [0.1, 0.15) is 11.6 Å². The van der Waals surface area contributed by atoms with Crippen molar-refractivity contribution in [2.75, 3.05) is 31.2 Å². The zero-order chi connectivity index (χ0) is 17.6. The van der Waals surface area contributed by atoms with E-state index in [1.807, 2.05) is 6.07 Å². The van der Waals surface area contributed by atoms with Crippen LogP contribution >= 0.6 is 0 Å². The van der Waals surface area contributed by atoms with Gasteiger partial charge in [-0.15, -0.1) is 0 Å². The maximum Gasteiger partial charge on any atom is 0.222 e. The van der Waals surface area contributed by atoms with E-state index in [1.165, 1.54) is 16.7 Å². The lowest BCUT2D eigenvalue weighted by Crippen LogP contribution is -2.24. The Kier molecular flexibility index (Phi) is 5.71. The Morgan fingerprint density at radius 3 is 2.96 bits per heavy atom. The van der Waals surface area contributed by atoms with Crippen LogP contribution < -0.4 is 21.1 Å². The summed E-state index contributed by atoms with van der Waals surface area (Å²) in [5, 5.41) is 6.74. The van der Waals surface area contributed by atoms with Gasteiger partial charge in [0.25, 0.3) is 0 Å². The van der Waals surface area contributed by atoms with Crippen molar-refractivity contribution in [3.05, 3.63) is 40.6 Å². The van der Waals surface area contributed by atoms with Gasteiger partial charge < -0.3 is 21.1 Å². The van der Waals surface area contributed by atoms with E-state index < -0.39 is 0 Å². The minimum absolute atomic E-state index is 0.308. The Bertz CT molecular complexity index is 715. The number of unbranched alkanes of at least 4 members (excludes halogenated alkanes) is 1. The average molecular weight is 341 g/mol. The predicted octanol–water partition coefficient (Wildman–Crippen LogP) is 2.52. The summed E-state index contributed by atoms with van der Waals surface area (Å²) in [4.78, 5) is 8.67. The fourth-order valence-electron chi connectivity index (χ4n) is 3.23. The second-order valence-corrected chi connectivity index (χ2v) is 6.42. The van der Waals surface area contributed by atoms with Crippen LogP contribution in [0.25, 0.3) is 0 Å². The van der Waals surface area contributed by atoms with Crippen LogP contribution in [0.4, 0.5) is 11.8 Å². The number of hydrogen-bond donors (Lipinski definition) is 3. The lowest BCUT2D eigenvalue weighted by Gasteiger charge is -2.21. The molecule has 6 nitrogen and oxygen atoms in total. The van der Waals surface area contributed by atoms with Crippen LogP contribution in [0, 0.1) is 0 Å². The van der Waals surface area contributed by atoms with E-state index in [9.17, 15) is 0 Å².